The van der Waals surface area contributed by atoms with Gasteiger partial charge in [0.25, 0.3) is 5.91 Å². The number of nitrogens with one attached hydrogen (secondary N) is 1. The molecule has 1 N–H and O–H groups in total. The van der Waals surface area contributed by atoms with Gasteiger partial charge in [0, 0.05) is 25.1 Å². The fraction of sp³-hybridized carbons (Fsp3) is 0.458. The Hall–Kier alpha value is -2.35. The van der Waals surface area contributed by atoms with Crippen LogP contribution in [0, 0.1) is 0 Å². The molecule has 0 spiro atoms. The molecule has 0 unspecified atom stereocenters. The zero-order chi connectivity index (χ0) is 22.5. The minimum atomic E-state index is -0.152. The van der Waals surface area contributed by atoms with E-state index in [0.29, 0.717) is 54.5 Å². The minimum Gasteiger partial charge on any atom is -0.379 e. The van der Waals surface area contributed by atoms with Crippen LogP contribution in [0.2, 0.25) is 0 Å². The molecule has 0 aliphatic rings. The van der Waals surface area contributed by atoms with Crippen molar-refractivity contribution in [1.29, 1.82) is 0 Å². The van der Waals surface area contributed by atoms with E-state index in [2.05, 4.69) is 12.2 Å². The molecule has 0 radical (unpaired) electrons. The number of ether oxygens (including phenoxy) is 2. The van der Waals surface area contributed by atoms with E-state index in [0.717, 1.165) is 25.0 Å². The number of benzene rings is 1. The van der Waals surface area contributed by atoms with Crippen molar-refractivity contribution >= 4 is 28.8 Å². The van der Waals surface area contributed by atoms with Crippen LogP contribution in [0.1, 0.15) is 68.4 Å². The molecule has 168 valence electrons. The largest absolute Gasteiger partial charge is 0.379 e. The van der Waals surface area contributed by atoms with Crippen molar-refractivity contribution in [2.75, 3.05) is 33.0 Å². The normalized spacial score (nSPS) is 10.8. The van der Waals surface area contributed by atoms with Crippen LogP contribution in [0.15, 0.2) is 36.4 Å². The molecule has 0 saturated heterocycles. The molecule has 1 amide bonds. The maximum Gasteiger partial charge on any atom is 0.251 e. The van der Waals surface area contributed by atoms with Gasteiger partial charge in [0.05, 0.1) is 29.6 Å². The van der Waals surface area contributed by atoms with Gasteiger partial charge in [0.2, 0.25) is 0 Å². The summed E-state index contributed by atoms with van der Waals surface area (Å²) in [6, 6.07) is 10.6. The first-order valence-corrected chi connectivity index (χ1v) is 11.5. The Morgan fingerprint density at radius 1 is 0.903 bits per heavy atom. The summed E-state index contributed by atoms with van der Waals surface area (Å²) < 4.78 is 10.8. The van der Waals surface area contributed by atoms with Crippen molar-refractivity contribution in [1.82, 2.24) is 5.32 Å². The molecule has 0 aliphatic carbocycles. The summed E-state index contributed by atoms with van der Waals surface area (Å²) in [5, 5.41) is 2.83. The number of ketones is 2. The molecule has 2 rings (SSSR count). The van der Waals surface area contributed by atoms with Gasteiger partial charge in [-0.15, -0.1) is 11.3 Å². The fourth-order valence-corrected chi connectivity index (χ4v) is 3.66. The highest BCUT2D eigenvalue weighted by atomic mass is 32.1. The van der Waals surface area contributed by atoms with Gasteiger partial charge in [-0.1, -0.05) is 25.5 Å². The Morgan fingerprint density at radius 2 is 1.58 bits per heavy atom. The second-order valence-corrected chi connectivity index (χ2v) is 8.26. The van der Waals surface area contributed by atoms with Gasteiger partial charge in [-0.2, -0.15) is 0 Å². The summed E-state index contributed by atoms with van der Waals surface area (Å²) in [5.74, 6) is -0.156. The van der Waals surface area contributed by atoms with E-state index in [1.165, 1.54) is 18.3 Å². The van der Waals surface area contributed by atoms with E-state index in [4.69, 9.17) is 9.47 Å². The van der Waals surface area contributed by atoms with Crippen LogP contribution in [0.4, 0.5) is 0 Å². The summed E-state index contributed by atoms with van der Waals surface area (Å²) in [7, 11) is 0. The highest BCUT2D eigenvalue weighted by molar-refractivity contribution is 7.16. The lowest BCUT2D eigenvalue weighted by atomic mass is 10.0. The van der Waals surface area contributed by atoms with Gasteiger partial charge in [0.15, 0.2) is 11.6 Å². The van der Waals surface area contributed by atoms with E-state index in [-0.39, 0.29) is 17.5 Å². The Morgan fingerprint density at radius 3 is 2.23 bits per heavy atom. The summed E-state index contributed by atoms with van der Waals surface area (Å²) in [6.07, 6.45) is 3.12. The number of Topliss-reactive ketones (excluding diaryl/α,β-unsaturated/α-hetero) is 2. The van der Waals surface area contributed by atoms with Crippen LogP contribution in [-0.2, 0) is 15.9 Å². The summed E-state index contributed by atoms with van der Waals surface area (Å²) >= 11 is 1.24. The van der Waals surface area contributed by atoms with E-state index in [1.54, 1.807) is 24.3 Å². The summed E-state index contributed by atoms with van der Waals surface area (Å²) in [4.78, 5) is 37.1. The number of hydrogen-bond donors (Lipinski definition) is 1. The van der Waals surface area contributed by atoms with Gasteiger partial charge in [-0.25, -0.2) is 0 Å². The Balaban J connectivity index is 1.65. The molecule has 0 atom stereocenters. The predicted octanol–water partition coefficient (Wildman–Crippen LogP) is 4.33. The second-order valence-electron chi connectivity index (χ2n) is 7.17. The predicted molar refractivity (Wildman–Crippen MR) is 122 cm³/mol. The Bertz CT molecular complexity index is 844. The lowest BCUT2D eigenvalue weighted by molar-refractivity contribution is 0.0472. The van der Waals surface area contributed by atoms with E-state index in [1.807, 2.05) is 12.1 Å². The van der Waals surface area contributed by atoms with Crippen LogP contribution in [0.5, 0.6) is 0 Å². The molecule has 7 heteroatoms. The third-order valence-corrected chi connectivity index (χ3v) is 5.86. The molecule has 1 heterocycles. The topological polar surface area (TPSA) is 81.7 Å². The van der Waals surface area contributed by atoms with Crippen LogP contribution < -0.4 is 5.32 Å². The molecule has 0 saturated carbocycles. The summed E-state index contributed by atoms with van der Waals surface area (Å²) in [6.45, 7) is 6.35. The quantitative estimate of drug-likeness (QED) is 0.326. The molecule has 0 aliphatic heterocycles. The molecule has 2 aromatic rings. The van der Waals surface area contributed by atoms with Crippen molar-refractivity contribution in [2.45, 2.75) is 39.5 Å². The van der Waals surface area contributed by atoms with E-state index in [9.17, 15) is 14.4 Å². The molecule has 31 heavy (non-hydrogen) atoms. The first kappa shape index (κ1) is 24.9. The summed E-state index contributed by atoms with van der Waals surface area (Å²) in [5.41, 5.74) is 1.56. The average Bonchev–Trinajstić information content (AvgIpc) is 3.27. The number of hydrogen-bond acceptors (Lipinski definition) is 6. The molecular weight excluding hydrogens is 414 g/mol. The first-order chi connectivity index (χ1) is 15.0. The molecule has 1 aromatic heterocycles. The van der Waals surface area contributed by atoms with Gasteiger partial charge in [-0.05, 0) is 49.6 Å². The molecule has 1 aromatic carbocycles. The number of unbranched alkanes of at least 4 members (excludes halogenated alkanes) is 1. The van der Waals surface area contributed by atoms with Gasteiger partial charge >= 0.3 is 0 Å². The highest BCUT2D eigenvalue weighted by Crippen LogP contribution is 2.19. The third-order valence-electron chi connectivity index (χ3n) is 4.63. The second kappa shape index (κ2) is 13.9. The van der Waals surface area contributed by atoms with Gasteiger partial charge in [0.1, 0.15) is 0 Å². The van der Waals surface area contributed by atoms with Crippen molar-refractivity contribution in [3.05, 3.63) is 57.3 Å². The first-order valence-electron chi connectivity index (χ1n) is 10.7. The highest BCUT2D eigenvalue weighted by Gasteiger charge is 2.12. The van der Waals surface area contributed by atoms with Gasteiger partial charge < -0.3 is 14.8 Å². The smallest absolute Gasteiger partial charge is 0.251 e. The molecule has 6 nitrogen and oxygen atoms in total. The minimum absolute atomic E-state index is 0.0232. The number of amides is 1. The molecule has 0 bridgehead atoms. The number of carbonyl (C=O) groups is 3. The van der Waals surface area contributed by atoms with Crippen molar-refractivity contribution in [3.8, 4) is 0 Å². The maximum absolute atomic E-state index is 12.3. The van der Waals surface area contributed by atoms with Crippen molar-refractivity contribution < 1.29 is 23.9 Å². The number of carbonyl (C=O) groups excluding carboxylic acids is 3. The number of thiophene rings is 1. The van der Waals surface area contributed by atoms with Gasteiger partial charge in [-0.3, -0.25) is 14.4 Å². The van der Waals surface area contributed by atoms with Crippen LogP contribution in [0.25, 0.3) is 0 Å². The van der Waals surface area contributed by atoms with Crippen LogP contribution >= 0.6 is 11.3 Å². The van der Waals surface area contributed by atoms with Crippen molar-refractivity contribution in [2.24, 2.45) is 0 Å². The molecule has 0 fully saturated rings. The lowest BCUT2D eigenvalue weighted by Crippen LogP contribution is -2.27. The average molecular weight is 446 g/mol. The Kier molecular flexibility index (Phi) is 11.1. The van der Waals surface area contributed by atoms with E-state index < -0.39 is 0 Å². The maximum atomic E-state index is 12.3. The standard InChI is InChI=1S/C24H31NO5S/c1-3-4-14-29-16-17-30-15-13-25-24(28)20-8-5-19(6-9-20)7-10-21(27)23-12-11-22(31-23)18(2)26/h5-6,8-9,11-12H,3-4,7,10,13-17H2,1-2H3,(H,25,28). The zero-order valence-corrected chi connectivity index (χ0v) is 19.1. The molecular formula is C24H31NO5S. The fourth-order valence-electron chi connectivity index (χ4n) is 2.79. The van der Waals surface area contributed by atoms with E-state index >= 15 is 0 Å². The lowest BCUT2D eigenvalue weighted by Gasteiger charge is -2.08. The Labute approximate surface area is 187 Å². The zero-order valence-electron chi connectivity index (χ0n) is 18.3. The number of rotatable bonds is 15. The monoisotopic (exact) mass is 445 g/mol. The van der Waals surface area contributed by atoms with Crippen LogP contribution in [-0.4, -0.2) is 50.4 Å². The number of aryl methyl sites for hydroxylation is 1. The van der Waals surface area contributed by atoms with Crippen LogP contribution in [0.3, 0.4) is 0 Å². The van der Waals surface area contributed by atoms with Crippen molar-refractivity contribution in [3.63, 3.8) is 0 Å². The SMILES string of the molecule is CCCCOCCOCCNC(=O)c1ccc(CCC(=O)c2ccc(C(C)=O)s2)cc1. The third kappa shape index (κ3) is 9.12.